The Labute approximate surface area is 68.0 Å². The lowest BCUT2D eigenvalue weighted by Gasteiger charge is -1.99. The number of hydrogen-bond acceptors (Lipinski definition) is 3. The smallest absolute Gasteiger partial charge is 0.276 e. The number of H-pyrrole nitrogens is 1. The summed E-state index contributed by atoms with van der Waals surface area (Å²) in [5, 5.41) is 0. The number of pyridine rings is 1. The van der Waals surface area contributed by atoms with Gasteiger partial charge in [-0.15, -0.1) is 0 Å². The summed E-state index contributed by atoms with van der Waals surface area (Å²) in [6.07, 6.45) is 3.17. The molecule has 2 aromatic rings. The Morgan fingerprint density at radius 1 is 1.67 bits per heavy atom. The number of aromatic amines is 1. The van der Waals surface area contributed by atoms with Gasteiger partial charge in [0.25, 0.3) is 5.56 Å². The Bertz CT molecular complexity index is 456. The molecule has 5 heteroatoms. The van der Waals surface area contributed by atoms with Gasteiger partial charge in [0, 0.05) is 13.2 Å². The van der Waals surface area contributed by atoms with Gasteiger partial charge >= 0.3 is 0 Å². The van der Waals surface area contributed by atoms with Crippen molar-refractivity contribution in [3.05, 3.63) is 28.9 Å². The normalized spacial score (nSPS) is 10.4. The maximum Gasteiger partial charge on any atom is 0.276 e. The monoisotopic (exact) mass is 164 g/mol. The topological polar surface area (TPSA) is 62.7 Å². The molecule has 0 bridgehead atoms. The van der Waals surface area contributed by atoms with Crippen LogP contribution in [0.15, 0.2) is 23.4 Å². The van der Waals surface area contributed by atoms with Crippen molar-refractivity contribution >= 4 is 11.0 Å². The molecule has 0 saturated carbocycles. The third kappa shape index (κ3) is 0.795. The third-order valence-electron chi connectivity index (χ3n) is 1.72. The number of imidazole rings is 1. The van der Waals surface area contributed by atoms with Gasteiger partial charge in [0.15, 0.2) is 5.52 Å². The number of aromatic nitrogens is 3. The highest BCUT2D eigenvalue weighted by Gasteiger charge is 2.02. The first-order chi connectivity index (χ1) is 5.83. The zero-order valence-corrected chi connectivity index (χ0v) is 6.53. The molecule has 0 atom stereocenters. The molecular formula is C7H8N4O. The van der Waals surface area contributed by atoms with E-state index in [9.17, 15) is 4.79 Å². The van der Waals surface area contributed by atoms with E-state index in [2.05, 4.69) is 15.4 Å². The van der Waals surface area contributed by atoms with E-state index < -0.39 is 0 Å². The van der Waals surface area contributed by atoms with Gasteiger partial charge in [-0.1, -0.05) is 0 Å². The molecule has 0 aromatic carbocycles. The molecule has 0 saturated heterocycles. The van der Waals surface area contributed by atoms with Gasteiger partial charge in [-0.2, -0.15) is 0 Å². The standard InChI is InChI=1S/C7H8N4O/c1-8-11-4-10-6-5(11)2-3-9-7(6)12/h2-4,8H,1H3,(H,9,12). The van der Waals surface area contributed by atoms with E-state index in [1.807, 2.05) is 0 Å². The molecule has 0 aliphatic rings. The number of hydrogen-bond donors (Lipinski definition) is 2. The van der Waals surface area contributed by atoms with Crippen LogP contribution in [0.4, 0.5) is 0 Å². The number of fused-ring (bicyclic) bond motifs is 1. The van der Waals surface area contributed by atoms with Gasteiger partial charge in [-0.25, -0.2) is 9.66 Å². The fourth-order valence-corrected chi connectivity index (χ4v) is 1.13. The van der Waals surface area contributed by atoms with Crippen LogP contribution in [0.25, 0.3) is 11.0 Å². The lowest BCUT2D eigenvalue weighted by molar-refractivity contribution is 0.955. The van der Waals surface area contributed by atoms with Crippen molar-refractivity contribution in [3.63, 3.8) is 0 Å². The summed E-state index contributed by atoms with van der Waals surface area (Å²) >= 11 is 0. The van der Waals surface area contributed by atoms with Crippen LogP contribution < -0.4 is 11.0 Å². The molecule has 0 aliphatic heterocycles. The summed E-state index contributed by atoms with van der Waals surface area (Å²) in [7, 11) is 1.77. The summed E-state index contributed by atoms with van der Waals surface area (Å²) in [5.74, 6) is 0. The molecule has 0 spiro atoms. The second-order valence-electron chi connectivity index (χ2n) is 2.38. The maximum atomic E-state index is 11.1. The zero-order chi connectivity index (χ0) is 8.55. The fraction of sp³-hybridized carbons (Fsp3) is 0.143. The van der Waals surface area contributed by atoms with Crippen molar-refractivity contribution in [3.8, 4) is 0 Å². The quantitative estimate of drug-likeness (QED) is 0.618. The highest BCUT2D eigenvalue weighted by molar-refractivity contribution is 5.73. The first kappa shape index (κ1) is 6.90. The zero-order valence-electron chi connectivity index (χ0n) is 6.53. The van der Waals surface area contributed by atoms with Crippen molar-refractivity contribution in [2.75, 3.05) is 12.5 Å². The van der Waals surface area contributed by atoms with Gasteiger partial charge in [0.1, 0.15) is 6.33 Å². The molecule has 62 valence electrons. The Morgan fingerprint density at radius 3 is 3.25 bits per heavy atom. The molecule has 0 fully saturated rings. The largest absolute Gasteiger partial charge is 0.327 e. The van der Waals surface area contributed by atoms with Crippen molar-refractivity contribution in [2.24, 2.45) is 0 Å². The van der Waals surface area contributed by atoms with Crippen LogP contribution in [0.2, 0.25) is 0 Å². The lowest BCUT2D eigenvalue weighted by atomic mass is 10.4. The van der Waals surface area contributed by atoms with E-state index in [0.717, 1.165) is 5.52 Å². The van der Waals surface area contributed by atoms with E-state index in [0.29, 0.717) is 5.52 Å². The van der Waals surface area contributed by atoms with Crippen LogP contribution in [0.3, 0.4) is 0 Å². The summed E-state index contributed by atoms with van der Waals surface area (Å²) in [6, 6.07) is 1.79. The minimum atomic E-state index is -0.165. The van der Waals surface area contributed by atoms with Crippen LogP contribution >= 0.6 is 0 Å². The Kier molecular flexibility index (Phi) is 1.36. The Balaban J connectivity index is 2.89. The SMILES string of the molecule is CNn1cnc2c(=O)[nH]ccc21. The second-order valence-corrected chi connectivity index (χ2v) is 2.38. The van der Waals surface area contributed by atoms with Crippen molar-refractivity contribution in [2.45, 2.75) is 0 Å². The second kappa shape index (κ2) is 2.37. The van der Waals surface area contributed by atoms with Gasteiger partial charge < -0.3 is 10.4 Å². The third-order valence-corrected chi connectivity index (χ3v) is 1.72. The minimum absolute atomic E-state index is 0.165. The van der Waals surface area contributed by atoms with Crippen molar-refractivity contribution < 1.29 is 0 Å². The predicted molar refractivity (Wildman–Crippen MR) is 45.6 cm³/mol. The molecule has 0 amide bonds. The number of nitrogens with one attached hydrogen (secondary N) is 2. The Morgan fingerprint density at radius 2 is 2.50 bits per heavy atom. The van der Waals surface area contributed by atoms with Crippen LogP contribution in [-0.4, -0.2) is 21.7 Å². The minimum Gasteiger partial charge on any atom is -0.327 e. The number of rotatable bonds is 1. The van der Waals surface area contributed by atoms with E-state index >= 15 is 0 Å². The fourth-order valence-electron chi connectivity index (χ4n) is 1.13. The summed E-state index contributed by atoms with van der Waals surface area (Å²) in [4.78, 5) is 17.6. The Hall–Kier alpha value is -1.78. The van der Waals surface area contributed by atoms with Crippen LogP contribution in [0.1, 0.15) is 0 Å². The molecular weight excluding hydrogens is 156 g/mol. The van der Waals surface area contributed by atoms with E-state index in [4.69, 9.17) is 0 Å². The molecule has 2 heterocycles. The van der Waals surface area contributed by atoms with Crippen LogP contribution in [0, 0.1) is 0 Å². The molecule has 0 aliphatic carbocycles. The van der Waals surface area contributed by atoms with Gasteiger partial charge in [-0.05, 0) is 6.07 Å². The van der Waals surface area contributed by atoms with Crippen molar-refractivity contribution in [1.82, 2.24) is 14.6 Å². The number of nitrogens with zero attached hydrogens (tertiary/aromatic N) is 2. The van der Waals surface area contributed by atoms with Crippen LogP contribution in [0.5, 0.6) is 0 Å². The molecule has 0 unspecified atom stereocenters. The van der Waals surface area contributed by atoms with E-state index in [1.165, 1.54) is 0 Å². The molecule has 0 radical (unpaired) electrons. The lowest BCUT2D eigenvalue weighted by Crippen LogP contribution is -2.09. The first-order valence-corrected chi connectivity index (χ1v) is 3.55. The van der Waals surface area contributed by atoms with Crippen LogP contribution in [-0.2, 0) is 0 Å². The van der Waals surface area contributed by atoms with E-state index in [-0.39, 0.29) is 5.56 Å². The molecule has 2 rings (SSSR count). The van der Waals surface area contributed by atoms with Gasteiger partial charge in [0.05, 0.1) is 5.52 Å². The molecule has 5 nitrogen and oxygen atoms in total. The van der Waals surface area contributed by atoms with Crippen molar-refractivity contribution in [1.29, 1.82) is 0 Å². The predicted octanol–water partition coefficient (Wildman–Crippen LogP) is -0.102. The maximum absolute atomic E-state index is 11.1. The first-order valence-electron chi connectivity index (χ1n) is 3.55. The molecule has 2 N–H and O–H groups in total. The molecule has 12 heavy (non-hydrogen) atoms. The van der Waals surface area contributed by atoms with Gasteiger partial charge in [-0.3, -0.25) is 4.79 Å². The summed E-state index contributed by atoms with van der Waals surface area (Å²) in [6.45, 7) is 0. The highest BCUT2D eigenvalue weighted by Crippen LogP contribution is 2.03. The van der Waals surface area contributed by atoms with Gasteiger partial charge in [0.2, 0.25) is 0 Å². The van der Waals surface area contributed by atoms with E-state index in [1.54, 1.807) is 30.3 Å². The highest BCUT2D eigenvalue weighted by atomic mass is 16.1. The summed E-state index contributed by atoms with van der Waals surface area (Å²) in [5.41, 5.74) is 3.94. The average molecular weight is 164 g/mol. The summed E-state index contributed by atoms with van der Waals surface area (Å²) < 4.78 is 1.69. The molecule has 2 aromatic heterocycles. The average Bonchev–Trinajstić information content (AvgIpc) is 2.49.